The Hall–Kier alpha value is -2.06. The molecule has 0 radical (unpaired) electrons. The second-order valence-electron chi connectivity index (χ2n) is 7.42. The highest BCUT2D eigenvalue weighted by molar-refractivity contribution is 7.98. The van der Waals surface area contributed by atoms with Gasteiger partial charge in [0.1, 0.15) is 0 Å². The molecule has 31 heavy (non-hydrogen) atoms. The first-order valence-corrected chi connectivity index (χ1v) is 11.7. The van der Waals surface area contributed by atoms with E-state index in [0.29, 0.717) is 51.7 Å². The summed E-state index contributed by atoms with van der Waals surface area (Å²) in [4.78, 5) is 13.2. The molecule has 0 aliphatic rings. The second kappa shape index (κ2) is 9.61. The maximum Gasteiger partial charge on any atom is 0.262 e. The highest BCUT2D eigenvalue weighted by atomic mass is 35.5. The van der Waals surface area contributed by atoms with Crippen molar-refractivity contribution in [2.45, 2.75) is 43.8 Å². The molecule has 0 aliphatic carbocycles. The minimum absolute atomic E-state index is 0.129. The zero-order valence-corrected chi connectivity index (χ0v) is 19.5. The Morgan fingerprint density at radius 2 is 1.81 bits per heavy atom. The van der Waals surface area contributed by atoms with Gasteiger partial charge in [0, 0.05) is 28.9 Å². The molecule has 0 saturated heterocycles. The van der Waals surface area contributed by atoms with Gasteiger partial charge in [0.25, 0.3) is 5.56 Å². The highest BCUT2D eigenvalue weighted by Crippen LogP contribution is 2.26. The van der Waals surface area contributed by atoms with Gasteiger partial charge in [-0.05, 0) is 56.2 Å². The highest BCUT2D eigenvalue weighted by Gasteiger charge is 2.17. The standard InChI is InChI=1S/C22H22Cl2N4O2S/c1-14(2)30-11-3-10-27-20(29)18-12-17(24)8-9-19(18)28-21(27)25-26-22(28)31-13-15-4-6-16(23)7-5-15/h4-9,12,14H,3,10-11,13H2,1-2H3. The SMILES string of the molecule is CC(C)OCCCn1c(=O)c2cc(Cl)ccc2n2c(SCc3ccc(Cl)cc3)nnc12. The minimum Gasteiger partial charge on any atom is -0.379 e. The van der Waals surface area contributed by atoms with Crippen LogP contribution in [0.2, 0.25) is 10.0 Å². The molecule has 2 aromatic carbocycles. The van der Waals surface area contributed by atoms with E-state index in [1.54, 1.807) is 28.5 Å². The minimum atomic E-state index is -0.129. The number of hydrogen-bond donors (Lipinski definition) is 0. The molecule has 4 aromatic rings. The van der Waals surface area contributed by atoms with E-state index >= 15 is 0 Å². The van der Waals surface area contributed by atoms with Crippen LogP contribution in [0.1, 0.15) is 25.8 Å². The monoisotopic (exact) mass is 476 g/mol. The Bertz CT molecular complexity index is 1270. The average molecular weight is 477 g/mol. The molecule has 0 N–H and O–H groups in total. The summed E-state index contributed by atoms with van der Waals surface area (Å²) in [5, 5.41) is 11.2. The van der Waals surface area contributed by atoms with Crippen LogP contribution in [0.4, 0.5) is 0 Å². The summed E-state index contributed by atoms with van der Waals surface area (Å²) in [7, 11) is 0. The normalized spacial score (nSPS) is 11.8. The molecule has 2 heterocycles. The summed E-state index contributed by atoms with van der Waals surface area (Å²) in [6, 6.07) is 13.0. The lowest BCUT2D eigenvalue weighted by Gasteiger charge is -2.12. The average Bonchev–Trinajstić information content (AvgIpc) is 3.16. The van der Waals surface area contributed by atoms with E-state index in [0.717, 1.165) is 11.1 Å². The quantitative estimate of drug-likeness (QED) is 0.249. The Morgan fingerprint density at radius 1 is 1.06 bits per heavy atom. The van der Waals surface area contributed by atoms with E-state index < -0.39 is 0 Å². The largest absolute Gasteiger partial charge is 0.379 e. The van der Waals surface area contributed by atoms with Crippen LogP contribution in [0, 0.1) is 0 Å². The number of hydrogen-bond acceptors (Lipinski definition) is 5. The molecular formula is C22H22Cl2N4O2S. The fourth-order valence-corrected chi connectivity index (χ4v) is 4.52. The van der Waals surface area contributed by atoms with Crippen molar-refractivity contribution in [2.75, 3.05) is 6.61 Å². The summed E-state index contributed by atoms with van der Waals surface area (Å²) in [5.74, 6) is 1.22. The number of rotatable bonds is 8. The molecule has 2 aromatic heterocycles. The summed E-state index contributed by atoms with van der Waals surface area (Å²) < 4.78 is 9.21. The summed E-state index contributed by atoms with van der Waals surface area (Å²) >= 11 is 13.7. The molecule has 0 spiro atoms. The number of aryl methyl sites for hydroxylation is 1. The molecule has 0 unspecified atom stereocenters. The third-order valence-corrected chi connectivity index (χ3v) is 6.28. The van der Waals surface area contributed by atoms with Gasteiger partial charge in [-0.3, -0.25) is 13.8 Å². The Morgan fingerprint density at radius 3 is 2.55 bits per heavy atom. The van der Waals surface area contributed by atoms with Crippen molar-refractivity contribution in [1.82, 2.24) is 19.2 Å². The second-order valence-corrected chi connectivity index (χ2v) is 9.24. The zero-order valence-electron chi connectivity index (χ0n) is 17.2. The van der Waals surface area contributed by atoms with Crippen LogP contribution in [0.3, 0.4) is 0 Å². The number of halogens is 2. The number of benzene rings is 2. The van der Waals surface area contributed by atoms with Crippen molar-refractivity contribution in [3.8, 4) is 0 Å². The lowest BCUT2D eigenvalue weighted by molar-refractivity contribution is 0.0748. The number of thioether (sulfide) groups is 1. The van der Waals surface area contributed by atoms with Crippen molar-refractivity contribution < 1.29 is 4.74 Å². The van der Waals surface area contributed by atoms with E-state index in [2.05, 4.69) is 10.2 Å². The Labute approximate surface area is 194 Å². The third-order valence-electron chi connectivity index (χ3n) is 4.79. The van der Waals surface area contributed by atoms with Gasteiger partial charge in [0.05, 0.1) is 17.0 Å². The maximum atomic E-state index is 13.2. The van der Waals surface area contributed by atoms with Gasteiger partial charge >= 0.3 is 0 Å². The van der Waals surface area contributed by atoms with Gasteiger partial charge in [-0.1, -0.05) is 47.1 Å². The van der Waals surface area contributed by atoms with Crippen molar-refractivity contribution in [3.05, 3.63) is 68.4 Å². The van der Waals surface area contributed by atoms with Crippen LogP contribution < -0.4 is 5.56 Å². The van der Waals surface area contributed by atoms with Crippen molar-refractivity contribution in [3.63, 3.8) is 0 Å². The van der Waals surface area contributed by atoms with E-state index in [-0.39, 0.29) is 11.7 Å². The Kier molecular flexibility index (Phi) is 6.86. The number of ether oxygens (including phenoxy) is 1. The van der Waals surface area contributed by atoms with Crippen LogP contribution in [0.25, 0.3) is 16.7 Å². The van der Waals surface area contributed by atoms with Crippen LogP contribution in [0.5, 0.6) is 0 Å². The number of fused-ring (bicyclic) bond motifs is 3. The fourth-order valence-electron chi connectivity index (χ4n) is 3.32. The van der Waals surface area contributed by atoms with Crippen LogP contribution >= 0.6 is 35.0 Å². The first-order chi connectivity index (χ1) is 14.9. The van der Waals surface area contributed by atoms with Gasteiger partial charge < -0.3 is 4.74 Å². The van der Waals surface area contributed by atoms with Crippen molar-refractivity contribution in [1.29, 1.82) is 0 Å². The first-order valence-electron chi connectivity index (χ1n) is 10.00. The lowest BCUT2D eigenvalue weighted by atomic mass is 10.2. The molecular weight excluding hydrogens is 455 g/mol. The van der Waals surface area contributed by atoms with Gasteiger partial charge in [-0.25, -0.2) is 0 Å². The topological polar surface area (TPSA) is 61.4 Å². The number of nitrogens with zero attached hydrogens (tertiary/aromatic N) is 4. The molecule has 0 atom stereocenters. The van der Waals surface area contributed by atoms with E-state index in [9.17, 15) is 4.79 Å². The molecule has 162 valence electrons. The van der Waals surface area contributed by atoms with Gasteiger partial charge in [-0.2, -0.15) is 0 Å². The molecule has 9 heteroatoms. The summed E-state index contributed by atoms with van der Waals surface area (Å²) in [5.41, 5.74) is 1.73. The lowest BCUT2D eigenvalue weighted by Crippen LogP contribution is -2.24. The van der Waals surface area contributed by atoms with Crippen molar-refractivity contribution in [2.24, 2.45) is 0 Å². The predicted molar refractivity (Wildman–Crippen MR) is 126 cm³/mol. The smallest absolute Gasteiger partial charge is 0.262 e. The van der Waals surface area contributed by atoms with Crippen LogP contribution in [-0.2, 0) is 17.0 Å². The molecule has 6 nitrogen and oxygen atoms in total. The van der Waals surface area contributed by atoms with Gasteiger partial charge in [-0.15, -0.1) is 10.2 Å². The van der Waals surface area contributed by atoms with Crippen LogP contribution in [0.15, 0.2) is 52.4 Å². The van der Waals surface area contributed by atoms with E-state index in [1.807, 2.05) is 48.6 Å². The summed E-state index contributed by atoms with van der Waals surface area (Å²) in [6.07, 6.45) is 0.844. The molecule has 4 rings (SSSR count). The predicted octanol–water partition coefficient (Wildman–Crippen LogP) is 5.46. The molecule has 0 aliphatic heterocycles. The number of aromatic nitrogens is 4. The van der Waals surface area contributed by atoms with E-state index in [4.69, 9.17) is 27.9 Å². The van der Waals surface area contributed by atoms with E-state index in [1.165, 1.54) is 0 Å². The first kappa shape index (κ1) is 22.1. The molecule has 0 bridgehead atoms. The third kappa shape index (κ3) is 4.90. The maximum absolute atomic E-state index is 13.2. The zero-order chi connectivity index (χ0) is 22.0. The van der Waals surface area contributed by atoms with Crippen molar-refractivity contribution >= 4 is 51.6 Å². The molecule has 0 saturated carbocycles. The van der Waals surface area contributed by atoms with Gasteiger partial charge in [0.15, 0.2) is 5.16 Å². The van der Waals surface area contributed by atoms with Gasteiger partial charge in [0.2, 0.25) is 5.78 Å². The summed E-state index contributed by atoms with van der Waals surface area (Å²) in [6.45, 7) is 5.03. The molecule has 0 fully saturated rings. The fraction of sp³-hybridized carbons (Fsp3) is 0.318. The Balaban J connectivity index is 1.73. The molecule has 0 amide bonds. The van der Waals surface area contributed by atoms with Crippen LogP contribution in [-0.4, -0.2) is 31.9 Å².